The average Bonchev–Trinajstić information content (AvgIpc) is 4.02. The van der Waals surface area contributed by atoms with E-state index >= 15 is 4.39 Å². The van der Waals surface area contributed by atoms with Crippen molar-refractivity contribution in [2.45, 2.75) is 130 Å². The Labute approximate surface area is 371 Å². The first-order valence-corrected chi connectivity index (χ1v) is 22.4. The molecule has 1 aliphatic heterocycles. The van der Waals surface area contributed by atoms with E-state index < -0.39 is 76.0 Å². The van der Waals surface area contributed by atoms with E-state index in [1.807, 2.05) is 17.6 Å². The van der Waals surface area contributed by atoms with E-state index in [1.54, 1.807) is 30.9 Å². The second kappa shape index (κ2) is 15.8. The number of esters is 2. The van der Waals surface area contributed by atoms with Gasteiger partial charge in [-0.3, -0.25) is 19.2 Å². The minimum atomic E-state index is -1.98. The number of hydrogen-bond donors (Lipinski definition) is 2. The molecule has 1 aromatic heterocycles. The van der Waals surface area contributed by atoms with Gasteiger partial charge in [0.1, 0.15) is 16.9 Å². The molecule has 8 rings (SSSR count). The zero-order valence-electron chi connectivity index (χ0n) is 38.2. The first-order valence-electron chi connectivity index (χ1n) is 22.4. The fourth-order valence-corrected chi connectivity index (χ4v) is 12.6. The molecule has 8 atom stereocenters. The molecule has 5 aliphatic carbocycles. The normalized spacial score (nSPS) is 31.2. The maximum absolute atomic E-state index is 16.9. The van der Waals surface area contributed by atoms with Crippen LogP contribution in [-0.4, -0.2) is 106 Å². The number of carbonyl (C=O) groups excluding carboxylic acids is 5. The molecule has 0 radical (unpaired) electrons. The van der Waals surface area contributed by atoms with Crippen LogP contribution in [0.4, 0.5) is 14.9 Å². The van der Waals surface area contributed by atoms with Gasteiger partial charge in [0, 0.05) is 66.6 Å². The van der Waals surface area contributed by atoms with E-state index in [0.717, 1.165) is 5.57 Å². The summed E-state index contributed by atoms with van der Waals surface area (Å²) in [6.45, 7) is 12.7. The third-order valence-corrected chi connectivity index (χ3v) is 15.9. The lowest BCUT2D eigenvalue weighted by Gasteiger charge is -2.59. The van der Waals surface area contributed by atoms with Gasteiger partial charge in [-0.1, -0.05) is 25.5 Å². The van der Waals surface area contributed by atoms with Crippen molar-refractivity contribution in [2.75, 3.05) is 38.4 Å². The molecular weight excluding hydrogens is 830 g/mol. The highest BCUT2D eigenvalue weighted by atomic mass is 19.1. The third kappa shape index (κ3) is 6.87. The van der Waals surface area contributed by atoms with Crippen LogP contribution in [0.2, 0.25) is 0 Å². The molecule has 5 fully saturated rings. The van der Waals surface area contributed by atoms with Crippen molar-refractivity contribution in [1.82, 2.24) is 9.47 Å². The first kappa shape index (κ1) is 45.5. The van der Waals surface area contributed by atoms with Crippen molar-refractivity contribution in [3.05, 3.63) is 56.7 Å². The number of halogens is 1. The van der Waals surface area contributed by atoms with E-state index in [4.69, 9.17) is 18.9 Å². The van der Waals surface area contributed by atoms with Gasteiger partial charge in [0.25, 0.3) is 0 Å². The summed E-state index contributed by atoms with van der Waals surface area (Å²) in [5.41, 5.74) is -5.03. The number of fused-ring (bicyclic) bond motifs is 6. The number of carbonyl (C=O) groups is 5. The monoisotopic (exact) mass is 889 g/mol. The molecule has 1 saturated heterocycles. The lowest BCUT2D eigenvalue weighted by atomic mass is 9.46. The first-order chi connectivity index (χ1) is 30.0. The van der Waals surface area contributed by atoms with Gasteiger partial charge < -0.3 is 43.5 Å². The van der Waals surface area contributed by atoms with E-state index in [-0.39, 0.29) is 95.7 Å². The van der Waals surface area contributed by atoms with Crippen LogP contribution < -0.4 is 15.1 Å². The van der Waals surface area contributed by atoms with Crippen molar-refractivity contribution in [3.8, 4) is 5.75 Å². The second-order valence-electron chi connectivity index (χ2n) is 19.9. The summed E-state index contributed by atoms with van der Waals surface area (Å²) in [6.07, 6.45) is 7.07. The summed E-state index contributed by atoms with van der Waals surface area (Å²) in [5, 5.41) is 24.5. The highest BCUT2D eigenvalue weighted by molar-refractivity contribution is 6.03. The van der Waals surface area contributed by atoms with E-state index in [9.17, 15) is 39.0 Å². The maximum atomic E-state index is 16.9. The number of piperazine rings is 1. The Kier molecular flexibility index (Phi) is 11.2. The lowest BCUT2D eigenvalue weighted by Crippen LogP contribution is -2.64. The predicted octanol–water partition coefficient (Wildman–Crippen LogP) is 5.78. The Morgan fingerprint density at radius 2 is 1.73 bits per heavy atom. The van der Waals surface area contributed by atoms with Crippen LogP contribution in [0.3, 0.4) is 0 Å². The maximum Gasteiger partial charge on any atom is 0.413 e. The number of ketones is 2. The molecule has 4 saturated carbocycles. The van der Waals surface area contributed by atoms with Gasteiger partial charge in [-0.05, 0) is 104 Å². The molecule has 2 heterocycles. The van der Waals surface area contributed by atoms with Gasteiger partial charge in [-0.25, -0.2) is 14.0 Å². The van der Waals surface area contributed by atoms with Crippen LogP contribution in [0.5, 0.6) is 5.75 Å². The summed E-state index contributed by atoms with van der Waals surface area (Å²) < 4.78 is 40.6. The molecule has 346 valence electrons. The number of hydrogen-bond acceptors (Lipinski definition) is 13. The van der Waals surface area contributed by atoms with Crippen LogP contribution in [0.15, 0.2) is 28.6 Å². The number of methoxy groups -OCH3 is 1. The molecule has 0 bridgehead atoms. The Morgan fingerprint density at radius 1 is 1.03 bits per heavy atom. The zero-order chi connectivity index (χ0) is 46.6. The number of aliphatic hydroxyl groups excluding tert-OH is 1. The van der Waals surface area contributed by atoms with Gasteiger partial charge >= 0.3 is 18.0 Å². The number of anilines is 1. The van der Waals surface area contributed by atoms with Gasteiger partial charge in [0.05, 0.1) is 24.1 Å². The number of benzene rings is 1. The van der Waals surface area contributed by atoms with E-state index in [0.29, 0.717) is 37.6 Å². The minimum absolute atomic E-state index is 0.0200. The molecule has 16 heteroatoms. The topological polar surface area (TPSA) is 191 Å². The number of pyridine rings is 1. The number of ether oxygens (including phenoxy) is 4. The number of Topliss-reactive ketones (excluding diaryl/α,β-unsaturated/α-hetero) is 1. The number of rotatable bonds is 9. The van der Waals surface area contributed by atoms with Crippen molar-refractivity contribution in [1.29, 1.82) is 0 Å². The quantitative estimate of drug-likeness (QED) is 0.228. The van der Waals surface area contributed by atoms with E-state index in [1.165, 1.54) is 39.7 Å². The van der Waals surface area contributed by atoms with Crippen molar-refractivity contribution in [2.24, 2.45) is 28.6 Å². The Hall–Kier alpha value is -5.09. The summed E-state index contributed by atoms with van der Waals surface area (Å²) in [4.78, 5) is 83.5. The SMILES string of the molecule is COc1c(N2CCN(C(=O)OCOC(C)=O)C(C)C2)c(F)c(C)c2c(=O)c(C(=O)OC(C)(C)C(=O)[C@@]3(O)CC[C@H]4[C@@H]5CCC6=CC(=O)C=C[C@]6(C)[C@H]5[C@@H](O)C[C@@]43C)c(C)n(C3CC3)c12. The minimum Gasteiger partial charge on any atom is -0.492 e. The molecule has 1 amide bonds. The largest absolute Gasteiger partial charge is 0.492 e. The number of aromatic nitrogens is 1. The Bertz CT molecular complexity index is 2490. The fourth-order valence-electron chi connectivity index (χ4n) is 12.6. The summed E-state index contributed by atoms with van der Waals surface area (Å²) in [7, 11) is 1.38. The van der Waals surface area contributed by atoms with Crippen LogP contribution in [0.1, 0.15) is 114 Å². The lowest BCUT2D eigenvalue weighted by molar-refractivity contribution is -0.188. The Balaban J connectivity index is 1.09. The number of aryl methyl sites for hydroxylation is 1. The number of amides is 1. The number of allylic oxidation sites excluding steroid dienone is 4. The summed E-state index contributed by atoms with van der Waals surface area (Å²) in [6, 6.07) is -0.622. The standard InChI is InChI=1S/C48H60FN3O12/c1-24-22-50(18-19-51(24)44(59)63-23-62-27(4)53)39-37(49)25(2)34-38(41(39)61-9)52(29-11-12-29)26(3)35(40(34)56)42(57)64-45(5,6)43(58)48(60)17-15-32-31-13-10-28-20-30(54)14-16-46(28,7)36(31)33(55)21-47(32,48)8/h14,16,20,24,29,31-33,36,55,60H,10-13,15,17-19,21-23H2,1-9H3/t24?,31-,32-,33-,36+,46-,47-,48-/m0/s1. The summed E-state index contributed by atoms with van der Waals surface area (Å²) >= 11 is 0. The van der Waals surface area contributed by atoms with Gasteiger partial charge in [0.2, 0.25) is 18.0 Å². The molecule has 6 aliphatic rings. The van der Waals surface area contributed by atoms with Gasteiger partial charge in [0.15, 0.2) is 23.0 Å². The highest BCUT2D eigenvalue weighted by Gasteiger charge is 2.70. The molecule has 15 nitrogen and oxygen atoms in total. The predicted molar refractivity (Wildman–Crippen MR) is 231 cm³/mol. The number of aliphatic hydroxyl groups is 2. The smallest absolute Gasteiger partial charge is 0.413 e. The third-order valence-electron chi connectivity index (χ3n) is 15.9. The molecule has 0 spiro atoms. The molecule has 64 heavy (non-hydrogen) atoms. The van der Waals surface area contributed by atoms with Crippen molar-refractivity contribution in [3.63, 3.8) is 0 Å². The van der Waals surface area contributed by atoms with Gasteiger partial charge in [-0.15, -0.1) is 0 Å². The van der Waals surface area contributed by atoms with Gasteiger partial charge in [-0.2, -0.15) is 0 Å². The molecule has 2 N–H and O–H groups in total. The van der Waals surface area contributed by atoms with Crippen LogP contribution in [0.25, 0.3) is 10.9 Å². The van der Waals surface area contributed by atoms with Crippen LogP contribution in [0, 0.1) is 48.2 Å². The number of nitrogens with zero attached hydrogens (tertiary/aromatic N) is 3. The average molecular weight is 890 g/mol. The van der Waals surface area contributed by atoms with Crippen molar-refractivity contribution >= 4 is 46.2 Å². The highest BCUT2D eigenvalue weighted by Crippen LogP contribution is 2.67. The molecule has 1 unspecified atom stereocenters. The molecule has 1 aromatic carbocycles. The molecule has 2 aromatic rings. The summed E-state index contributed by atoms with van der Waals surface area (Å²) in [5.74, 6) is -3.52. The van der Waals surface area contributed by atoms with Crippen LogP contribution >= 0.6 is 0 Å². The zero-order valence-corrected chi connectivity index (χ0v) is 38.2. The molecular formula is C48H60FN3O12. The van der Waals surface area contributed by atoms with E-state index in [2.05, 4.69) is 6.92 Å². The van der Waals surface area contributed by atoms with Crippen LogP contribution in [-0.2, 0) is 28.6 Å². The fraction of sp³-hybridized carbons (Fsp3) is 0.625. The second-order valence-corrected chi connectivity index (χ2v) is 19.9. The van der Waals surface area contributed by atoms with Crippen molar-refractivity contribution < 1.29 is 57.5 Å². The Morgan fingerprint density at radius 3 is 2.38 bits per heavy atom.